The molecule has 0 aliphatic carbocycles. The van der Waals surface area contributed by atoms with Crippen molar-refractivity contribution in [1.82, 2.24) is 25.1 Å². The van der Waals surface area contributed by atoms with Crippen molar-refractivity contribution in [2.75, 3.05) is 13.1 Å². The maximum atomic E-state index is 4.61. The van der Waals surface area contributed by atoms with Crippen molar-refractivity contribution < 1.29 is 0 Å². The molecule has 1 fully saturated rings. The Morgan fingerprint density at radius 2 is 2.10 bits per heavy atom. The molecule has 2 aromatic rings. The van der Waals surface area contributed by atoms with Gasteiger partial charge in [0.15, 0.2) is 0 Å². The molecular formula is C16H23N5. The van der Waals surface area contributed by atoms with E-state index in [1.54, 1.807) is 0 Å². The van der Waals surface area contributed by atoms with Gasteiger partial charge in [-0.05, 0) is 50.8 Å². The summed E-state index contributed by atoms with van der Waals surface area (Å²) in [5, 5.41) is 7.74. The zero-order chi connectivity index (χ0) is 14.5. The third-order valence-electron chi connectivity index (χ3n) is 4.08. The van der Waals surface area contributed by atoms with Gasteiger partial charge in [0, 0.05) is 18.9 Å². The van der Waals surface area contributed by atoms with Gasteiger partial charge in [0.2, 0.25) is 0 Å². The van der Waals surface area contributed by atoms with Crippen LogP contribution in [0.15, 0.2) is 24.7 Å². The first-order chi connectivity index (χ1) is 10.4. The molecule has 5 heteroatoms. The Morgan fingerprint density at radius 3 is 2.81 bits per heavy atom. The lowest BCUT2D eigenvalue weighted by molar-refractivity contribution is 0.370. The summed E-state index contributed by atoms with van der Waals surface area (Å²) in [6.45, 7) is 5.33. The van der Waals surface area contributed by atoms with Crippen LogP contribution in [0.2, 0.25) is 0 Å². The van der Waals surface area contributed by atoms with Crippen LogP contribution in [-0.2, 0) is 13.0 Å². The van der Waals surface area contributed by atoms with E-state index in [1.165, 1.54) is 12.8 Å². The monoisotopic (exact) mass is 285 g/mol. The number of aryl methyl sites for hydroxylation is 1. The first-order valence-electron chi connectivity index (χ1n) is 7.90. The topological polar surface area (TPSA) is 55.6 Å². The number of rotatable bonds is 5. The van der Waals surface area contributed by atoms with Gasteiger partial charge in [-0.3, -0.25) is 14.6 Å². The fraction of sp³-hybridized carbons (Fsp3) is 0.562. The highest BCUT2D eigenvalue weighted by molar-refractivity contribution is 5.52. The average molecular weight is 285 g/mol. The molecule has 0 saturated carbocycles. The molecule has 0 aromatic carbocycles. The molecule has 3 rings (SSSR count). The molecule has 0 spiro atoms. The molecule has 1 saturated heterocycles. The molecule has 0 unspecified atom stereocenters. The second-order valence-electron chi connectivity index (χ2n) is 5.73. The molecule has 1 aliphatic rings. The summed E-state index contributed by atoms with van der Waals surface area (Å²) in [5.41, 5.74) is 3.07. The van der Waals surface area contributed by atoms with E-state index < -0.39 is 0 Å². The van der Waals surface area contributed by atoms with Crippen LogP contribution < -0.4 is 5.32 Å². The Labute approximate surface area is 125 Å². The summed E-state index contributed by atoms with van der Waals surface area (Å²) in [6.07, 6.45) is 10.2. The standard InChI is InChI=1S/C16H23N5/c1-2-9-21-16(5-8-20-21)15-12-18-14(11-19-15)10-13-3-6-17-7-4-13/h5,8,11-13,17H,2-4,6-7,9-10H2,1H3. The number of hydrogen-bond donors (Lipinski definition) is 1. The molecule has 21 heavy (non-hydrogen) atoms. The van der Waals surface area contributed by atoms with E-state index in [0.29, 0.717) is 0 Å². The lowest BCUT2D eigenvalue weighted by atomic mass is 9.93. The summed E-state index contributed by atoms with van der Waals surface area (Å²) < 4.78 is 2.00. The van der Waals surface area contributed by atoms with Crippen LogP contribution in [0.4, 0.5) is 0 Å². The van der Waals surface area contributed by atoms with Gasteiger partial charge in [0.25, 0.3) is 0 Å². The van der Waals surface area contributed by atoms with Crippen molar-refractivity contribution in [3.8, 4) is 11.4 Å². The van der Waals surface area contributed by atoms with Crippen molar-refractivity contribution >= 4 is 0 Å². The predicted molar refractivity (Wildman–Crippen MR) is 82.8 cm³/mol. The molecule has 2 aromatic heterocycles. The molecule has 112 valence electrons. The van der Waals surface area contributed by atoms with Crippen LogP contribution in [0.3, 0.4) is 0 Å². The van der Waals surface area contributed by atoms with Crippen molar-refractivity contribution in [1.29, 1.82) is 0 Å². The molecule has 0 radical (unpaired) electrons. The highest BCUT2D eigenvalue weighted by Gasteiger charge is 2.14. The minimum Gasteiger partial charge on any atom is -0.317 e. The minimum absolute atomic E-state index is 0.747. The maximum absolute atomic E-state index is 4.61. The third kappa shape index (κ3) is 3.47. The van der Waals surface area contributed by atoms with E-state index in [-0.39, 0.29) is 0 Å². The Hall–Kier alpha value is -1.75. The van der Waals surface area contributed by atoms with Crippen LogP contribution in [0.1, 0.15) is 31.9 Å². The Balaban J connectivity index is 1.69. The average Bonchev–Trinajstić information content (AvgIpc) is 2.98. The second kappa shape index (κ2) is 6.80. The summed E-state index contributed by atoms with van der Waals surface area (Å²) >= 11 is 0. The summed E-state index contributed by atoms with van der Waals surface area (Å²) in [7, 11) is 0. The van der Waals surface area contributed by atoms with Gasteiger partial charge >= 0.3 is 0 Å². The number of hydrogen-bond acceptors (Lipinski definition) is 4. The number of nitrogens with one attached hydrogen (secondary N) is 1. The third-order valence-corrected chi connectivity index (χ3v) is 4.08. The van der Waals surface area contributed by atoms with Crippen LogP contribution in [0.5, 0.6) is 0 Å². The molecule has 0 atom stereocenters. The van der Waals surface area contributed by atoms with E-state index in [9.17, 15) is 0 Å². The Bertz CT molecular complexity index is 554. The SMILES string of the molecule is CCCn1nccc1-c1cnc(CC2CCNCC2)cn1. The van der Waals surface area contributed by atoms with Gasteiger partial charge in [-0.15, -0.1) is 0 Å². The highest BCUT2D eigenvalue weighted by Crippen LogP contribution is 2.19. The highest BCUT2D eigenvalue weighted by atomic mass is 15.3. The quantitative estimate of drug-likeness (QED) is 0.916. The summed E-state index contributed by atoms with van der Waals surface area (Å²) in [5.74, 6) is 0.747. The molecule has 0 bridgehead atoms. The van der Waals surface area contributed by atoms with Crippen LogP contribution in [0.25, 0.3) is 11.4 Å². The number of aromatic nitrogens is 4. The van der Waals surface area contributed by atoms with Crippen molar-refractivity contribution in [2.45, 2.75) is 39.2 Å². The number of nitrogens with zero attached hydrogens (tertiary/aromatic N) is 4. The van der Waals surface area contributed by atoms with Crippen LogP contribution in [0, 0.1) is 5.92 Å². The van der Waals surface area contributed by atoms with Crippen LogP contribution >= 0.6 is 0 Å². The summed E-state index contributed by atoms with van der Waals surface area (Å²) in [6, 6.07) is 2.01. The Kier molecular flexibility index (Phi) is 4.60. The van der Waals surface area contributed by atoms with E-state index in [0.717, 1.165) is 55.5 Å². The molecule has 3 heterocycles. The zero-order valence-electron chi connectivity index (χ0n) is 12.6. The van der Waals surface area contributed by atoms with Gasteiger partial charge in [0.05, 0.1) is 17.6 Å². The Morgan fingerprint density at radius 1 is 1.24 bits per heavy atom. The zero-order valence-corrected chi connectivity index (χ0v) is 12.6. The van der Waals surface area contributed by atoms with E-state index in [4.69, 9.17) is 0 Å². The molecule has 5 nitrogen and oxygen atoms in total. The van der Waals surface area contributed by atoms with E-state index in [2.05, 4.69) is 27.3 Å². The van der Waals surface area contributed by atoms with Gasteiger partial charge in [0.1, 0.15) is 5.69 Å². The van der Waals surface area contributed by atoms with Crippen molar-refractivity contribution in [3.63, 3.8) is 0 Å². The van der Waals surface area contributed by atoms with Gasteiger partial charge < -0.3 is 5.32 Å². The van der Waals surface area contributed by atoms with Gasteiger partial charge in [-0.1, -0.05) is 6.92 Å². The maximum Gasteiger partial charge on any atom is 0.107 e. The summed E-state index contributed by atoms with van der Waals surface area (Å²) in [4.78, 5) is 9.20. The second-order valence-corrected chi connectivity index (χ2v) is 5.73. The first kappa shape index (κ1) is 14.2. The lowest BCUT2D eigenvalue weighted by Gasteiger charge is -2.21. The largest absolute Gasteiger partial charge is 0.317 e. The normalized spacial score (nSPS) is 16.2. The fourth-order valence-corrected chi connectivity index (χ4v) is 2.91. The molecular weight excluding hydrogens is 262 g/mol. The smallest absolute Gasteiger partial charge is 0.107 e. The predicted octanol–water partition coefficient (Wildman–Crippen LogP) is 2.29. The first-order valence-corrected chi connectivity index (χ1v) is 7.90. The van der Waals surface area contributed by atoms with E-state index in [1.807, 2.05) is 29.3 Å². The lowest BCUT2D eigenvalue weighted by Crippen LogP contribution is -2.28. The van der Waals surface area contributed by atoms with Crippen LogP contribution in [-0.4, -0.2) is 32.8 Å². The van der Waals surface area contributed by atoms with Gasteiger partial charge in [-0.25, -0.2) is 0 Å². The van der Waals surface area contributed by atoms with Crippen molar-refractivity contribution in [2.24, 2.45) is 5.92 Å². The van der Waals surface area contributed by atoms with Crippen molar-refractivity contribution in [3.05, 3.63) is 30.4 Å². The fourth-order valence-electron chi connectivity index (χ4n) is 2.91. The molecule has 1 N–H and O–H groups in total. The minimum atomic E-state index is 0.747. The van der Waals surface area contributed by atoms with E-state index >= 15 is 0 Å². The number of piperidine rings is 1. The molecule has 0 amide bonds. The van der Waals surface area contributed by atoms with Gasteiger partial charge in [-0.2, -0.15) is 5.10 Å². The molecule has 1 aliphatic heterocycles.